The smallest absolute Gasteiger partial charge is 0.246 e. The van der Waals surface area contributed by atoms with Gasteiger partial charge in [0.2, 0.25) is 5.91 Å². The number of amides is 1. The fourth-order valence-electron chi connectivity index (χ4n) is 3.26. The number of hydrogen-bond acceptors (Lipinski definition) is 4. The predicted octanol–water partition coefficient (Wildman–Crippen LogP) is 4.14. The molecule has 0 aliphatic rings. The summed E-state index contributed by atoms with van der Waals surface area (Å²) in [5, 5.41) is 2.88. The number of benzene rings is 2. The average molecular weight is 408 g/mol. The molecule has 1 amide bonds. The van der Waals surface area contributed by atoms with Crippen molar-refractivity contribution in [1.82, 2.24) is 14.9 Å². The first-order valence-electron chi connectivity index (χ1n) is 10.2. The third kappa shape index (κ3) is 5.63. The van der Waals surface area contributed by atoms with Gasteiger partial charge in [-0.25, -0.2) is 4.98 Å². The van der Waals surface area contributed by atoms with E-state index in [1.807, 2.05) is 42.5 Å². The Morgan fingerprint density at radius 2 is 1.93 bits per heavy atom. The summed E-state index contributed by atoms with van der Waals surface area (Å²) in [5.41, 5.74) is 2.61. The minimum Gasteiger partial charge on any atom is -0.497 e. The van der Waals surface area contributed by atoms with Gasteiger partial charge in [-0.15, -0.1) is 0 Å². The third-order valence-corrected chi connectivity index (χ3v) is 4.84. The van der Waals surface area contributed by atoms with Crippen LogP contribution in [0.25, 0.3) is 11.0 Å². The number of para-hydroxylation sites is 2. The Balaban J connectivity index is 1.56. The lowest BCUT2D eigenvalue weighted by molar-refractivity contribution is -0.117. The Hall–Kier alpha value is -3.28. The second-order valence-corrected chi connectivity index (χ2v) is 7.19. The van der Waals surface area contributed by atoms with Crippen molar-refractivity contribution in [2.45, 2.75) is 32.7 Å². The van der Waals surface area contributed by atoms with E-state index in [1.165, 1.54) is 0 Å². The molecule has 1 heterocycles. The van der Waals surface area contributed by atoms with Crippen molar-refractivity contribution in [3.8, 4) is 11.5 Å². The largest absolute Gasteiger partial charge is 0.497 e. The number of aromatic nitrogens is 2. The SMILES string of the molecule is C=C(C)C(=O)NCCc1nc2ccccc2n1CCCCOc1cccc(OC)c1. The second-order valence-electron chi connectivity index (χ2n) is 7.19. The number of hydrogen-bond donors (Lipinski definition) is 1. The molecule has 0 atom stereocenters. The molecule has 158 valence electrons. The van der Waals surface area contributed by atoms with Gasteiger partial charge in [0.15, 0.2) is 0 Å². The zero-order valence-corrected chi connectivity index (χ0v) is 17.7. The molecule has 6 nitrogen and oxygen atoms in total. The normalized spacial score (nSPS) is 10.7. The molecule has 0 saturated heterocycles. The predicted molar refractivity (Wildman–Crippen MR) is 119 cm³/mol. The lowest BCUT2D eigenvalue weighted by Crippen LogP contribution is -2.26. The maximum Gasteiger partial charge on any atom is 0.246 e. The van der Waals surface area contributed by atoms with Crippen LogP contribution < -0.4 is 14.8 Å². The molecule has 0 bridgehead atoms. The Bertz CT molecular complexity index is 1010. The molecule has 30 heavy (non-hydrogen) atoms. The van der Waals surface area contributed by atoms with E-state index in [-0.39, 0.29) is 5.91 Å². The Kier molecular flexibility index (Phi) is 7.49. The van der Waals surface area contributed by atoms with Crippen LogP contribution in [-0.4, -0.2) is 35.7 Å². The van der Waals surface area contributed by atoms with Crippen molar-refractivity contribution in [2.24, 2.45) is 0 Å². The van der Waals surface area contributed by atoms with Gasteiger partial charge < -0.3 is 19.4 Å². The summed E-state index contributed by atoms with van der Waals surface area (Å²) >= 11 is 0. The van der Waals surface area contributed by atoms with Crippen LogP contribution in [0.15, 0.2) is 60.7 Å². The van der Waals surface area contributed by atoms with Gasteiger partial charge in [-0.3, -0.25) is 4.79 Å². The number of carbonyl (C=O) groups is 1. The molecule has 0 aliphatic heterocycles. The fourth-order valence-corrected chi connectivity index (χ4v) is 3.26. The number of carbonyl (C=O) groups excluding carboxylic acids is 1. The zero-order valence-electron chi connectivity index (χ0n) is 17.7. The van der Waals surface area contributed by atoms with Crippen molar-refractivity contribution in [3.63, 3.8) is 0 Å². The number of rotatable bonds is 11. The van der Waals surface area contributed by atoms with Crippen molar-refractivity contribution < 1.29 is 14.3 Å². The van der Waals surface area contributed by atoms with Crippen molar-refractivity contribution in [3.05, 3.63) is 66.5 Å². The van der Waals surface area contributed by atoms with E-state index in [0.29, 0.717) is 25.1 Å². The molecule has 0 saturated carbocycles. The van der Waals surface area contributed by atoms with Crippen LogP contribution in [0.5, 0.6) is 11.5 Å². The van der Waals surface area contributed by atoms with Crippen molar-refractivity contribution >= 4 is 16.9 Å². The van der Waals surface area contributed by atoms with Gasteiger partial charge in [-0.1, -0.05) is 24.8 Å². The van der Waals surface area contributed by atoms with Gasteiger partial charge in [0.05, 0.1) is 24.8 Å². The Morgan fingerprint density at radius 1 is 1.13 bits per heavy atom. The minimum absolute atomic E-state index is 0.118. The summed E-state index contributed by atoms with van der Waals surface area (Å²) in [7, 11) is 1.65. The number of ether oxygens (including phenoxy) is 2. The molecular weight excluding hydrogens is 378 g/mol. The van der Waals surface area contributed by atoms with Gasteiger partial charge in [0, 0.05) is 31.1 Å². The summed E-state index contributed by atoms with van der Waals surface area (Å²) in [6, 6.07) is 15.8. The molecule has 0 radical (unpaired) electrons. The standard InChI is InChI=1S/C24H29N3O3/c1-18(2)24(28)25-14-13-23-26-21-11-4-5-12-22(21)27(23)15-6-7-16-30-20-10-8-9-19(17-20)29-3/h4-5,8-12,17H,1,6-7,13-16H2,2-3H3,(H,25,28). The molecule has 0 unspecified atom stereocenters. The molecule has 3 aromatic rings. The summed E-state index contributed by atoms with van der Waals surface area (Å²) in [6.45, 7) is 7.41. The van der Waals surface area contributed by atoms with Crippen LogP contribution in [-0.2, 0) is 17.8 Å². The van der Waals surface area contributed by atoms with E-state index in [4.69, 9.17) is 14.5 Å². The highest BCUT2D eigenvalue weighted by Crippen LogP contribution is 2.20. The number of nitrogens with one attached hydrogen (secondary N) is 1. The summed E-state index contributed by atoms with van der Waals surface area (Å²) in [6.07, 6.45) is 2.57. The van der Waals surface area contributed by atoms with Gasteiger partial charge in [-0.2, -0.15) is 0 Å². The van der Waals surface area contributed by atoms with E-state index in [0.717, 1.165) is 47.7 Å². The van der Waals surface area contributed by atoms with Gasteiger partial charge in [0.25, 0.3) is 0 Å². The highest BCUT2D eigenvalue weighted by atomic mass is 16.5. The Labute approximate surface area is 177 Å². The first-order chi connectivity index (χ1) is 14.6. The Morgan fingerprint density at radius 3 is 2.73 bits per heavy atom. The first kappa shape index (κ1) is 21.4. The van der Waals surface area contributed by atoms with E-state index >= 15 is 0 Å². The average Bonchev–Trinajstić information content (AvgIpc) is 3.11. The number of unbranched alkanes of at least 4 members (excludes halogenated alkanes) is 1. The molecule has 2 aromatic carbocycles. The van der Waals surface area contributed by atoms with Crippen LogP contribution in [0.1, 0.15) is 25.6 Å². The maximum atomic E-state index is 11.7. The maximum absolute atomic E-state index is 11.7. The molecule has 0 fully saturated rings. The molecule has 1 aromatic heterocycles. The lowest BCUT2D eigenvalue weighted by Gasteiger charge is -2.11. The van der Waals surface area contributed by atoms with Gasteiger partial charge >= 0.3 is 0 Å². The van der Waals surface area contributed by atoms with E-state index in [9.17, 15) is 4.79 Å². The molecule has 6 heteroatoms. The van der Waals surface area contributed by atoms with Crippen LogP contribution in [0.4, 0.5) is 0 Å². The van der Waals surface area contributed by atoms with Crippen LogP contribution >= 0.6 is 0 Å². The molecule has 1 N–H and O–H groups in total. The molecule has 0 aliphatic carbocycles. The van der Waals surface area contributed by atoms with Crippen LogP contribution in [0.2, 0.25) is 0 Å². The number of nitrogens with zero attached hydrogens (tertiary/aromatic N) is 2. The molecular formula is C24H29N3O3. The zero-order chi connectivity index (χ0) is 21.3. The summed E-state index contributed by atoms with van der Waals surface area (Å²) in [5.74, 6) is 2.47. The second kappa shape index (κ2) is 10.5. The summed E-state index contributed by atoms with van der Waals surface area (Å²) in [4.78, 5) is 16.5. The van der Waals surface area contributed by atoms with Crippen LogP contribution in [0, 0.1) is 0 Å². The van der Waals surface area contributed by atoms with Crippen molar-refractivity contribution in [1.29, 1.82) is 0 Å². The van der Waals surface area contributed by atoms with E-state index in [1.54, 1.807) is 14.0 Å². The molecule has 3 rings (SSSR count). The number of imidazole rings is 1. The van der Waals surface area contributed by atoms with E-state index < -0.39 is 0 Å². The highest BCUT2D eigenvalue weighted by Gasteiger charge is 2.11. The monoisotopic (exact) mass is 407 g/mol. The first-order valence-corrected chi connectivity index (χ1v) is 10.2. The minimum atomic E-state index is -0.118. The topological polar surface area (TPSA) is 65.4 Å². The number of aryl methyl sites for hydroxylation is 1. The molecule has 0 spiro atoms. The van der Waals surface area contributed by atoms with E-state index in [2.05, 4.69) is 22.5 Å². The fraction of sp³-hybridized carbons (Fsp3) is 0.333. The van der Waals surface area contributed by atoms with Crippen molar-refractivity contribution in [2.75, 3.05) is 20.3 Å². The summed E-state index contributed by atoms with van der Waals surface area (Å²) < 4.78 is 13.3. The number of methoxy groups -OCH3 is 1. The van der Waals surface area contributed by atoms with Gasteiger partial charge in [0.1, 0.15) is 17.3 Å². The lowest BCUT2D eigenvalue weighted by atomic mass is 10.2. The number of fused-ring (bicyclic) bond motifs is 1. The van der Waals surface area contributed by atoms with Crippen LogP contribution in [0.3, 0.4) is 0 Å². The highest BCUT2D eigenvalue weighted by molar-refractivity contribution is 5.92. The third-order valence-electron chi connectivity index (χ3n) is 4.84. The quantitative estimate of drug-likeness (QED) is 0.383. The van der Waals surface area contributed by atoms with Gasteiger partial charge in [-0.05, 0) is 44.0 Å².